The Morgan fingerprint density at radius 1 is 1.04 bits per heavy atom. The lowest BCUT2D eigenvalue weighted by Crippen LogP contribution is -2.53. The van der Waals surface area contributed by atoms with Gasteiger partial charge in [-0.25, -0.2) is 0 Å². The molecule has 26 heavy (non-hydrogen) atoms. The normalized spacial score (nSPS) is 21.3. The van der Waals surface area contributed by atoms with Crippen molar-refractivity contribution in [3.05, 3.63) is 29.8 Å². The number of likely N-dealkylation sites (tertiary alicyclic amines) is 1. The molecule has 0 amide bonds. The number of piperidine rings is 1. The summed E-state index contributed by atoms with van der Waals surface area (Å²) in [6, 6.07) is 6.28. The zero-order valence-corrected chi connectivity index (χ0v) is 15.3. The molecular weight excluding hydrogens is 343 g/mol. The fourth-order valence-electron chi connectivity index (χ4n) is 3.95. The molecule has 2 aliphatic heterocycles. The number of alkyl halides is 3. The van der Waals surface area contributed by atoms with Crippen molar-refractivity contribution < 1.29 is 17.9 Å². The van der Waals surface area contributed by atoms with Crippen LogP contribution in [0, 0.1) is 0 Å². The minimum Gasteiger partial charge on any atom is -0.383 e. The molecule has 1 aromatic carbocycles. The second-order valence-electron chi connectivity index (χ2n) is 7.14. The maximum Gasteiger partial charge on any atom is 0.416 e. The maximum absolute atomic E-state index is 12.9. The number of halogens is 3. The number of methoxy groups -OCH3 is 1. The molecule has 0 bridgehead atoms. The monoisotopic (exact) mass is 371 g/mol. The summed E-state index contributed by atoms with van der Waals surface area (Å²) >= 11 is 0. The average Bonchev–Trinajstić information content (AvgIpc) is 2.66. The van der Waals surface area contributed by atoms with Crippen LogP contribution in [0.2, 0.25) is 0 Å². The van der Waals surface area contributed by atoms with Crippen LogP contribution in [0.15, 0.2) is 24.3 Å². The Balaban J connectivity index is 1.49. The number of hydrogen-bond acceptors (Lipinski definition) is 4. The molecule has 7 heteroatoms. The van der Waals surface area contributed by atoms with Crippen LogP contribution in [-0.2, 0) is 10.9 Å². The van der Waals surface area contributed by atoms with E-state index in [1.54, 1.807) is 13.2 Å². The van der Waals surface area contributed by atoms with Gasteiger partial charge in [0.1, 0.15) is 0 Å². The summed E-state index contributed by atoms with van der Waals surface area (Å²) in [6.07, 6.45) is -1.96. The highest BCUT2D eigenvalue weighted by Gasteiger charge is 2.32. The molecule has 0 radical (unpaired) electrons. The number of rotatable bonds is 5. The van der Waals surface area contributed by atoms with Crippen LogP contribution in [0.5, 0.6) is 0 Å². The van der Waals surface area contributed by atoms with E-state index < -0.39 is 11.7 Å². The van der Waals surface area contributed by atoms with Crippen LogP contribution in [0.3, 0.4) is 0 Å². The Hall–Kier alpha value is -1.31. The topological polar surface area (TPSA) is 19.0 Å². The lowest BCUT2D eigenvalue weighted by molar-refractivity contribution is -0.137. The van der Waals surface area contributed by atoms with Gasteiger partial charge >= 0.3 is 6.18 Å². The summed E-state index contributed by atoms with van der Waals surface area (Å²) in [6.45, 7) is 7.37. The third kappa shape index (κ3) is 4.90. The lowest BCUT2D eigenvalue weighted by Gasteiger charge is -2.43. The van der Waals surface area contributed by atoms with E-state index in [1.807, 2.05) is 0 Å². The number of benzene rings is 1. The van der Waals surface area contributed by atoms with E-state index in [2.05, 4.69) is 14.7 Å². The van der Waals surface area contributed by atoms with Crippen LogP contribution in [-0.4, -0.2) is 75.4 Å². The number of anilines is 1. The molecule has 0 atom stereocenters. The molecule has 2 aliphatic rings. The predicted octanol–water partition coefficient (Wildman–Crippen LogP) is 2.94. The van der Waals surface area contributed by atoms with Crippen molar-refractivity contribution in [3.63, 3.8) is 0 Å². The van der Waals surface area contributed by atoms with Gasteiger partial charge in [0.25, 0.3) is 0 Å². The number of nitrogens with zero attached hydrogens (tertiary/aromatic N) is 3. The van der Waals surface area contributed by atoms with E-state index in [-0.39, 0.29) is 0 Å². The summed E-state index contributed by atoms with van der Waals surface area (Å²) in [5.41, 5.74) is 0.106. The van der Waals surface area contributed by atoms with Crippen molar-refractivity contribution in [2.75, 3.05) is 64.4 Å². The van der Waals surface area contributed by atoms with Crippen molar-refractivity contribution in [2.45, 2.75) is 25.1 Å². The molecule has 2 heterocycles. The molecule has 0 aliphatic carbocycles. The molecule has 2 fully saturated rings. The summed E-state index contributed by atoms with van der Waals surface area (Å²) < 4.78 is 43.9. The first-order valence-corrected chi connectivity index (χ1v) is 9.35. The quantitative estimate of drug-likeness (QED) is 0.792. The minimum atomic E-state index is -4.28. The number of hydrogen-bond donors (Lipinski definition) is 0. The van der Waals surface area contributed by atoms with Crippen LogP contribution in [0.25, 0.3) is 0 Å². The highest BCUT2D eigenvalue weighted by atomic mass is 19.4. The van der Waals surface area contributed by atoms with Gasteiger partial charge in [-0.3, -0.25) is 4.90 Å². The van der Waals surface area contributed by atoms with Crippen LogP contribution in [0.4, 0.5) is 18.9 Å². The third-order valence-corrected chi connectivity index (χ3v) is 5.54. The summed E-state index contributed by atoms with van der Waals surface area (Å²) in [7, 11) is 1.73. The first-order valence-electron chi connectivity index (χ1n) is 9.35. The van der Waals surface area contributed by atoms with Crippen molar-refractivity contribution in [3.8, 4) is 0 Å². The molecule has 3 rings (SSSR count). The summed E-state index contributed by atoms with van der Waals surface area (Å²) in [5.74, 6) is 0. The SMILES string of the molecule is COCCN1CCC(N2CCN(c3cccc(C(F)(F)F)c3)CC2)CC1. The van der Waals surface area contributed by atoms with Crippen molar-refractivity contribution in [2.24, 2.45) is 0 Å². The van der Waals surface area contributed by atoms with Gasteiger partial charge in [-0.05, 0) is 44.1 Å². The van der Waals surface area contributed by atoms with Crippen molar-refractivity contribution in [1.29, 1.82) is 0 Å². The zero-order chi connectivity index (χ0) is 18.6. The lowest BCUT2D eigenvalue weighted by atomic mass is 10.0. The van der Waals surface area contributed by atoms with E-state index in [1.165, 1.54) is 12.1 Å². The van der Waals surface area contributed by atoms with E-state index in [0.29, 0.717) is 11.7 Å². The molecular formula is C19H28F3N3O. The standard InChI is InChI=1S/C19H28F3N3O/c1-26-14-13-23-7-5-17(6-8-23)24-9-11-25(12-10-24)18-4-2-3-16(15-18)19(20,21)22/h2-4,15,17H,5-14H2,1H3. The molecule has 0 N–H and O–H groups in total. The van der Waals surface area contributed by atoms with Gasteiger partial charge in [0.2, 0.25) is 0 Å². The van der Waals surface area contributed by atoms with Gasteiger partial charge in [0.05, 0.1) is 12.2 Å². The van der Waals surface area contributed by atoms with Gasteiger partial charge in [0, 0.05) is 51.6 Å². The maximum atomic E-state index is 12.9. The first-order chi connectivity index (χ1) is 12.5. The summed E-state index contributed by atoms with van der Waals surface area (Å²) in [4.78, 5) is 7.02. The van der Waals surface area contributed by atoms with Gasteiger partial charge in [0.15, 0.2) is 0 Å². The Morgan fingerprint density at radius 2 is 1.73 bits per heavy atom. The van der Waals surface area contributed by atoms with Crippen molar-refractivity contribution in [1.82, 2.24) is 9.80 Å². The molecule has 0 spiro atoms. The molecule has 0 aromatic heterocycles. The second-order valence-corrected chi connectivity index (χ2v) is 7.14. The van der Waals surface area contributed by atoms with E-state index in [9.17, 15) is 13.2 Å². The average molecular weight is 371 g/mol. The van der Waals surface area contributed by atoms with Crippen LogP contribution >= 0.6 is 0 Å². The van der Waals surface area contributed by atoms with Crippen molar-refractivity contribution >= 4 is 5.69 Å². The molecule has 146 valence electrons. The number of ether oxygens (including phenoxy) is 1. The van der Waals surface area contributed by atoms with Gasteiger partial charge in [-0.15, -0.1) is 0 Å². The molecule has 1 aromatic rings. The highest BCUT2D eigenvalue weighted by molar-refractivity contribution is 5.49. The van der Waals surface area contributed by atoms with Crippen LogP contribution < -0.4 is 4.90 Å². The second kappa shape index (κ2) is 8.59. The highest BCUT2D eigenvalue weighted by Crippen LogP contribution is 2.32. The fraction of sp³-hybridized carbons (Fsp3) is 0.684. The summed E-state index contributed by atoms with van der Waals surface area (Å²) in [5, 5.41) is 0. The smallest absolute Gasteiger partial charge is 0.383 e. The zero-order valence-electron chi connectivity index (χ0n) is 15.3. The van der Waals surface area contributed by atoms with Crippen LogP contribution in [0.1, 0.15) is 18.4 Å². The van der Waals surface area contributed by atoms with Gasteiger partial charge < -0.3 is 14.5 Å². The Labute approximate surface area is 153 Å². The van der Waals surface area contributed by atoms with E-state index in [0.717, 1.165) is 71.3 Å². The minimum absolute atomic E-state index is 0.569. The van der Waals surface area contributed by atoms with Gasteiger partial charge in [-0.2, -0.15) is 13.2 Å². The Kier molecular flexibility index (Phi) is 6.42. The van der Waals surface area contributed by atoms with E-state index in [4.69, 9.17) is 4.74 Å². The first kappa shape index (κ1) is 19.5. The Morgan fingerprint density at radius 3 is 2.35 bits per heavy atom. The Bertz CT molecular complexity index is 565. The third-order valence-electron chi connectivity index (χ3n) is 5.54. The molecule has 0 saturated carbocycles. The fourth-order valence-corrected chi connectivity index (χ4v) is 3.95. The molecule has 0 unspecified atom stereocenters. The van der Waals surface area contributed by atoms with E-state index >= 15 is 0 Å². The molecule has 4 nitrogen and oxygen atoms in total. The molecule has 2 saturated heterocycles. The number of piperazine rings is 1. The van der Waals surface area contributed by atoms with Gasteiger partial charge in [-0.1, -0.05) is 6.07 Å². The largest absolute Gasteiger partial charge is 0.416 e. The predicted molar refractivity (Wildman–Crippen MR) is 96.6 cm³/mol.